The number of nitrogens with one attached hydrogen (secondary N) is 1. The lowest BCUT2D eigenvalue weighted by atomic mass is 10.0. The molecule has 1 aromatic heterocycles. The van der Waals surface area contributed by atoms with Gasteiger partial charge < -0.3 is 14.7 Å². The van der Waals surface area contributed by atoms with Crippen molar-refractivity contribution < 1.29 is 4.52 Å². The van der Waals surface area contributed by atoms with Crippen LogP contribution in [0, 0.1) is 6.92 Å². The predicted octanol–water partition coefficient (Wildman–Crippen LogP) is 0.956. The van der Waals surface area contributed by atoms with Crippen LogP contribution in [-0.4, -0.2) is 36.3 Å². The summed E-state index contributed by atoms with van der Waals surface area (Å²) in [6.07, 6.45) is 3.69. The highest BCUT2D eigenvalue weighted by Gasteiger charge is 2.25. The topological polar surface area (TPSA) is 54.2 Å². The van der Waals surface area contributed by atoms with Crippen molar-refractivity contribution in [1.29, 1.82) is 0 Å². The van der Waals surface area contributed by atoms with Gasteiger partial charge in [0.1, 0.15) is 0 Å². The molecule has 0 radical (unpaired) electrons. The Bertz CT molecular complexity index is 310. The first-order valence-corrected chi connectivity index (χ1v) is 5.53. The summed E-state index contributed by atoms with van der Waals surface area (Å²) in [6.45, 7) is 3.85. The van der Waals surface area contributed by atoms with Gasteiger partial charge in [-0.1, -0.05) is 5.16 Å². The fourth-order valence-electron chi connectivity index (χ4n) is 2.10. The zero-order valence-electron chi connectivity index (χ0n) is 9.36. The Kier molecular flexibility index (Phi) is 3.20. The zero-order chi connectivity index (χ0) is 10.7. The molecule has 84 valence electrons. The van der Waals surface area contributed by atoms with Crippen LogP contribution in [0.25, 0.3) is 0 Å². The van der Waals surface area contributed by atoms with Gasteiger partial charge in [0.15, 0.2) is 5.82 Å². The number of anilines is 1. The van der Waals surface area contributed by atoms with E-state index in [0.717, 1.165) is 13.1 Å². The minimum atomic E-state index is 0.489. The highest BCUT2D eigenvalue weighted by molar-refractivity contribution is 5.28. The highest BCUT2D eigenvalue weighted by atomic mass is 16.5. The van der Waals surface area contributed by atoms with Crippen LogP contribution in [0.1, 0.15) is 25.1 Å². The lowest BCUT2D eigenvalue weighted by molar-refractivity contribution is 0.366. The van der Waals surface area contributed by atoms with Crippen LogP contribution in [0.2, 0.25) is 0 Å². The molecule has 2 heterocycles. The fraction of sp³-hybridized carbons (Fsp3) is 0.800. The third-order valence-corrected chi connectivity index (χ3v) is 2.83. The van der Waals surface area contributed by atoms with Crippen molar-refractivity contribution >= 4 is 6.01 Å². The highest BCUT2D eigenvalue weighted by Crippen LogP contribution is 2.22. The summed E-state index contributed by atoms with van der Waals surface area (Å²) in [7, 11) is 1.98. The second-order valence-corrected chi connectivity index (χ2v) is 4.02. The van der Waals surface area contributed by atoms with Crippen molar-refractivity contribution in [2.75, 3.05) is 25.0 Å². The molecule has 15 heavy (non-hydrogen) atoms. The number of likely N-dealkylation sites (N-methyl/N-ethyl adjacent to an activating group) is 1. The number of aryl methyl sites for hydroxylation is 1. The average molecular weight is 210 g/mol. The minimum Gasteiger partial charge on any atom is -0.320 e. The van der Waals surface area contributed by atoms with Crippen LogP contribution < -0.4 is 10.2 Å². The normalized spacial score (nSPS) is 22.0. The van der Waals surface area contributed by atoms with Crippen LogP contribution >= 0.6 is 0 Å². The number of hydrogen-bond donors (Lipinski definition) is 1. The first kappa shape index (κ1) is 10.4. The molecule has 1 saturated heterocycles. The molecule has 1 aliphatic heterocycles. The van der Waals surface area contributed by atoms with Gasteiger partial charge >= 0.3 is 6.01 Å². The Morgan fingerprint density at radius 3 is 3.07 bits per heavy atom. The van der Waals surface area contributed by atoms with E-state index in [4.69, 9.17) is 4.52 Å². The second-order valence-electron chi connectivity index (χ2n) is 4.02. The van der Waals surface area contributed by atoms with Gasteiger partial charge in [0.25, 0.3) is 0 Å². The van der Waals surface area contributed by atoms with E-state index in [2.05, 4.69) is 20.4 Å². The lowest BCUT2D eigenvalue weighted by Crippen LogP contribution is -2.45. The molecule has 0 aliphatic carbocycles. The van der Waals surface area contributed by atoms with Crippen molar-refractivity contribution in [3.63, 3.8) is 0 Å². The molecule has 2 rings (SSSR count). The molecule has 1 N–H and O–H groups in total. The first-order valence-electron chi connectivity index (χ1n) is 5.53. The van der Waals surface area contributed by atoms with Gasteiger partial charge in [-0.05, 0) is 33.2 Å². The molecule has 5 heteroatoms. The minimum absolute atomic E-state index is 0.489. The maximum atomic E-state index is 5.22. The third kappa shape index (κ3) is 2.28. The summed E-state index contributed by atoms with van der Waals surface area (Å²) in [5, 5.41) is 7.05. The molecular formula is C10H18N4O. The molecular weight excluding hydrogens is 192 g/mol. The van der Waals surface area contributed by atoms with Gasteiger partial charge in [-0.15, -0.1) is 0 Å². The molecule has 1 atom stereocenters. The van der Waals surface area contributed by atoms with Crippen LogP contribution in [-0.2, 0) is 0 Å². The Hall–Kier alpha value is -1.10. The van der Waals surface area contributed by atoms with Crippen molar-refractivity contribution in [3.05, 3.63) is 5.82 Å². The standard InChI is InChI=1S/C10H18N4O/c1-8-12-10(15-13-8)14-6-4-3-5-9(14)7-11-2/h9,11H,3-7H2,1-2H3. The average Bonchev–Trinajstić information content (AvgIpc) is 2.66. The Labute approximate surface area is 89.8 Å². The fourth-order valence-corrected chi connectivity index (χ4v) is 2.10. The molecule has 0 bridgehead atoms. The largest absolute Gasteiger partial charge is 0.324 e. The van der Waals surface area contributed by atoms with Gasteiger partial charge in [-0.3, -0.25) is 0 Å². The monoisotopic (exact) mass is 210 g/mol. The summed E-state index contributed by atoms with van der Waals surface area (Å²) in [4.78, 5) is 6.51. The van der Waals surface area contributed by atoms with Crippen LogP contribution in [0.15, 0.2) is 4.52 Å². The Balaban J connectivity index is 2.10. The van der Waals surface area contributed by atoms with Crippen LogP contribution in [0.3, 0.4) is 0 Å². The zero-order valence-corrected chi connectivity index (χ0v) is 9.36. The summed E-state index contributed by atoms with van der Waals surface area (Å²) < 4.78 is 5.22. The Morgan fingerprint density at radius 1 is 1.53 bits per heavy atom. The third-order valence-electron chi connectivity index (χ3n) is 2.83. The smallest absolute Gasteiger partial charge is 0.320 e. The summed E-state index contributed by atoms with van der Waals surface area (Å²) in [6, 6.07) is 1.16. The maximum Gasteiger partial charge on any atom is 0.324 e. The molecule has 0 spiro atoms. The van der Waals surface area contributed by atoms with E-state index in [1.165, 1.54) is 19.3 Å². The predicted molar refractivity (Wildman–Crippen MR) is 57.9 cm³/mol. The van der Waals surface area contributed by atoms with Gasteiger partial charge in [0.05, 0.1) is 0 Å². The summed E-state index contributed by atoms with van der Waals surface area (Å²) >= 11 is 0. The first-order chi connectivity index (χ1) is 7.31. The lowest BCUT2D eigenvalue weighted by Gasteiger charge is -2.33. The van der Waals surface area contributed by atoms with E-state index in [9.17, 15) is 0 Å². The van der Waals surface area contributed by atoms with Crippen molar-refractivity contribution in [2.45, 2.75) is 32.2 Å². The van der Waals surface area contributed by atoms with Gasteiger partial charge in [0.2, 0.25) is 0 Å². The number of piperidine rings is 1. The van der Waals surface area contributed by atoms with Crippen LogP contribution in [0.4, 0.5) is 6.01 Å². The molecule has 0 amide bonds. The Morgan fingerprint density at radius 2 is 2.40 bits per heavy atom. The second kappa shape index (κ2) is 4.61. The maximum absolute atomic E-state index is 5.22. The quantitative estimate of drug-likeness (QED) is 0.805. The van der Waals surface area contributed by atoms with Crippen molar-refractivity contribution in [2.24, 2.45) is 0 Å². The number of nitrogens with zero attached hydrogens (tertiary/aromatic N) is 3. The number of rotatable bonds is 3. The van der Waals surface area contributed by atoms with E-state index >= 15 is 0 Å². The van der Waals surface area contributed by atoms with Gasteiger partial charge in [0, 0.05) is 19.1 Å². The molecule has 1 unspecified atom stereocenters. The molecule has 1 fully saturated rings. The van der Waals surface area contributed by atoms with Crippen LogP contribution in [0.5, 0.6) is 0 Å². The SMILES string of the molecule is CNCC1CCCCN1c1nc(C)no1. The van der Waals surface area contributed by atoms with E-state index in [0.29, 0.717) is 17.9 Å². The van der Waals surface area contributed by atoms with E-state index < -0.39 is 0 Å². The summed E-state index contributed by atoms with van der Waals surface area (Å²) in [5.74, 6) is 0.707. The molecule has 5 nitrogen and oxygen atoms in total. The van der Waals surface area contributed by atoms with Gasteiger partial charge in [-0.25, -0.2) is 0 Å². The molecule has 1 aliphatic rings. The summed E-state index contributed by atoms with van der Waals surface area (Å²) in [5.41, 5.74) is 0. The van der Waals surface area contributed by atoms with E-state index in [1.807, 2.05) is 14.0 Å². The number of aromatic nitrogens is 2. The van der Waals surface area contributed by atoms with E-state index in [1.54, 1.807) is 0 Å². The van der Waals surface area contributed by atoms with Crippen molar-refractivity contribution in [3.8, 4) is 0 Å². The molecule has 1 aromatic rings. The number of hydrogen-bond acceptors (Lipinski definition) is 5. The molecule has 0 saturated carbocycles. The van der Waals surface area contributed by atoms with Crippen molar-refractivity contribution in [1.82, 2.24) is 15.5 Å². The van der Waals surface area contributed by atoms with Gasteiger partial charge in [-0.2, -0.15) is 4.98 Å². The van der Waals surface area contributed by atoms with E-state index in [-0.39, 0.29) is 0 Å². The molecule has 0 aromatic carbocycles.